The van der Waals surface area contributed by atoms with Crippen molar-refractivity contribution < 1.29 is 14.3 Å². The molecular formula is C16H17N3O3. The summed E-state index contributed by atoms with van der Waals surface area (Å²) in [6.45, 7) is 1.92. The molecule has 2 rings (SSSR count). The number of hydrogen-bond donors (Lipinski definition) is 1. The highest BCUT2D eigenvalue weighted by Gasteiger charge is 2.07. The first-order valence-electron chi connectivity index (χ1n) is 6.61. The van der Waals surface area contributed by atoms with Crippen LogP contribution in [0, 0.1) is 6.92 Å². The van der Waals surface area contributed by atoms with Gasteiger partial charge in [0.1, 0.15) is 0 Å². The molecule has 0 radical (unpaired) electrons. The Kier molecular flexibility index (Phi) is 5.08. The van der Waals surface area contributed by atoms with Crippen molar-refractivity contribution in [1.82, 2.24) is 10.4 Å². The van der Waals surface area contributed by atoms with E-state index in [9.17, 15) is 4.79 Å². The van der Waals surface area contributed by atoms with E-state index in [4.69, 9.17) is 9.47 Å². The minimum Gasteiger partial charge on any atom is -0.493 e. The van der Waals surface area contributed by atoms with E-state index in [1.165, 1.54) is 0 Å². The number of ether oxygens (including phenoxy) is 2. The fourth-order valence-electron chi connectivity index (χ4n) is 1.86. The number of carbonyl (C=O) groups excluding carboxylic acids is 1. The predicted molar refractivity (Wildman–Crippen MR) is 83.6 cm³/mol. The number of nitrogens with one attached hydrogen (secondary N) is 1. The molecule has 1 amide bonds. The lowest BCUT2D eigenvalue weighted by Gasteiger charge is -2.10. The van der Waals surface area contributed by atoms with Gasteiger partial charge in [0.05, 0.1) is 20.4 Å². The number of hydrazone groups is 1. The van der Waals surface area contributed by atoms with E-state index in [0.29, 0.717) is 17.1 Å². The molecule has 22 heavy (non-hydrogen) atoms. The quantitative estimate of drug-likeness (QED) is 0.678. The molecule has 0 atom stereocenters. The summed E-state index contributed by atoms with van der Waals surface area (Å²) in [5, 5.41) is 3.97. The molecule has 6 heteroatoms. The molecule has 0 aliphatic rings. The molecule has 2 aromatic rings. The molecule has 0 spiro atoms. The third-order valence-corrected chi connectivity index (χ3v) is 3.08. The molecule has 114 valence electrons. The molecule has 6 nitrogen and oxygen atoms in total. The number of carbonyl (C=O) groups is 1. The molecule has 0 fully saturated rings. The summed E-state index contributed by atoms with van der Waals surface area (Å²) in [5.41, 5.74) is 4.75. The Morgan fingerprint density at radius 3 is 2.45 bits per heavy atom. The first-order chi connectivity index (χ1) is 10.7. The molecule has 0 saturated carbocycles. The van der Waals surface area contributed by atoms with Crippen LogP contribution in [0.2, 0.25) is 0 Å². The van der Waals surface area contributed by atoms with Gasteiger partial charge in [-0.3, -0.25) is 9.78 Å². The number of nitrogens with zero attached hydrogens (tertiary/aromatic N) is 2. The standard InChI is InChI=1S/C16H17N3O3/c1-11-8-14(21-2)15(22-3)9-13(11)10-18-19-16(20)12-4-6-17-7-5-12/h4-10H,1-3H3,(H,19,20)/b18-10-. The van der Waals surface area contributed by atoms with Gasteiger partial charge in [-0.2, -0.15) is 5.10 Å². The Morgan fingerprint density at radius 1 is 1.18 bits per heavy atom. The van der Waals surface area contributed by atoms with Gasteiger partial charge >= 0.3 is 0 Å². The van der Waals surface area contributed by atoms with Crippen LogP contribution >= 0.6 is 0 Å². The number of hydrogen-bond acceptors (Lipinski definition) is 5. The molecular weight excluding hydrogens is 282 g/mol. The fraction of sp³-hybridized carbons (Fsp3) is 0.188. The number of methoxy groups -OCH3 is 2. The van der Waals surface area contributed by atoms with Gasteiger partial charge in [0.25, 0.3) is 5.91 Å². The maximum Gasteiger partial charge on any atom is 0.271 e. The van der Waals surface area contributed by atoms with Crippen LogP contribution < -0.4 is 14.9 Å². The van der Waals surface area contributed by atoms with Crippen LogP contribution in [0.4, 0.5) is 0 Å². The number of aromatic nitrogens is 1. The third kappa shape index (κ3) is 3.60. The average molecular weight is 299 g/mol. The second-order valence-corrected chi connectivity index (χ2v) is 4.50. The molecule has 1 aromatic heterocycles. The molecule has 1 N–H and O–H groups in total. The molecule has 1 heterocycles. The highest BCUT2D eigenvalue weighted by atomic mass is 16.5. The average Bonchev–Trinajstić information content (AvgIpc) is 2.56. The van der Waals surface area contributed by atoms with Gasteiger partial charge in [0, 0.05) is 23.5 Å². The third-order valence-electron chi connectivity index (χ3n) is 3.08. The minimum absolute atomic E-state index is 0.295. The summed E-state index contributed by atoms with van der Waals surface area (Å²) in [6.07, 6.45) is 4.67. The minimum atomic E-state index is -0.295. The van der Waals surface area contributed by atoms with Crippen molar-refractivity contribution in [2.45, 2.75) is 6.92 Å². The first-order valence-corrected chi connectivity index (χ1v) is 6.61. The number of benzene rings is 1. The van der Waals surface area contributed by atoms with Crippen LogP contribution in [0.15, 0.2) is 41.8 Å². The zero-order chi connectivity index (χ0) is 15.9. The highest BCUT2D eigenvalue weighted by molar-refractivity contribution is 5.94. The van der Waals surface area contributed by atoms with E-state index in [1.54, 1.807) is 51.0 Å². The molecule has 0 bridgehead atoms. The van der Waals surface area contributed by atoms with E-state index in [-0.39, 0.29) is 5.91 Å². The van der Waals surface area contributed by atoms with Crippen LogP contribution in [-0.2, 0) is 0 Å². The van der Waals surface area contributed by atoms with E-state index in [1.807, 2.05) is 13.0 Å². The maximum atomic E-state index is 11.8. The van der Waals surface area contributed by atoms with E-state index in [2.05, 4.69) is 15.5 Å². The summed E-state index contributed by atoms with van der Waals surface area (Å²) in [7, 11) is 3.15. The number of pyridine rings is 1. The lowest BCUT2D eigenvalue weighted by atomic mass is 10.1. The molecule has 0 aliphatic carbocycles. The Morgan fingerprint density at radius 2 is 1.82 bits per heavy atom. The summed E-state index contributed by atoms with van der Waals surface area (Å²) in [4.78, 5) is 15.7. The van der Waals surface area contributed by atoms with E-state index >= 15 is 0 Å². The van der Waals surface area contributed by atoms with Gasteiger partial charge in [-0.15, -0.1) is 0 Å². The van der Waals surface area contributed by atoms with Gasteiger partial charge in [0.15, 0.2) is 11.5 Å². The Labute approximate surface area is 128 Å². The predicted octanol–water partition coefficient (Wildman–Crippen LogP) is 2.17. The fourth-order valence-corrected chi connectivity index (χ4v) is 1.86. The van der Waals surface area contributed by atoms with E-state index in [0.717, 1.165) is 11.1 Å². The second-order valence-electron chi connectivity index (χ2n) is 4.50. The summed E-state index contributed by atoms with van der Waals surface area (Å²) >= 11 is 0. The zero-order valence-electron chi connectivity index (χ0n) is 12.7. The topological polar surface area (TPSA) is 72.8 Å². The second kappa shape index (κ2) is 7.21. The van der Waals surface area contributed by atoms with Crippen molar-refractivity contribution >= 4 is 12.1 Å². The van der Waals surface area contributed by atoms with Crippen LogP contribution in [-0.4, -0.2) is 31.3 Å². The van der Waals surface area contributed by atoms with Crippen molar-refractivity contribution in [3.63, 3.8) is 0 Å². The van der Waals surface area contributed by atoms with Crippen LogP contribution in [0.3, 0.4) is 0 Å². The Balaban J connectivity index is 2.12. The van der Waals surface area contributed by atoms with Gasteiger partial charge in [-0.05, 0) is 36.8 Å². The van der Waals surface area contributed by atoms with Crippen molar-refractivity contribution in [1.29, 1.82) is 0 Å². The number of rotatable bonds is 5. The van der Waals surface area contributed by atoms with E-state index < -0.39 is 0 Å². The number of aryl methyl sites for hydroxylation is 1. The molecule has 0 unspecified atom stereocenters. The lowest BCUT2D eigenvalue weighted by molar-refractivity contribution is 0.0955. The largest absolute Gasteiger partial charge is 0.493 e. The van der Waals surface area contributed by atoms with Crippen molar-refractivity contribution in [2.24, 2.45) is 5.10 Å². The van der Waals surface area contributed by atoms with Gasteiger partial charge in [-0.1, -0.05) is 0 Å². The zero-order valence-corrected chi connectivity index (χ0v) is 12.7. The lowest BCUT2D eigenvalue weighted by Crippen LogP contribution is -2.17. The van der Waals surface area contributed by atoms with Gasteiger partial charge in [0.2, 0.25) is 0 Å². The Hall–Kier alpha value is -2.89. The maximum absolute atomic E-state index is 11.8. The van der Waals surface area contributed by atoms with Crippen molar-refractivity contribution in [3.05, 3.63) is 53.3 Å². The normalized spacial score (nSPS) is 10.5. The number of amides is 1. The molecule has 0 aliphatic heterocycles. The van der Waals surface area contributed by atoms with Gasteiger partial charge in [-0.25, -0.2) is 5.43 Å². The van der Waals surface area contributed by atoms with Gasteiger partial charge < -0.3 is 9.47 Å². The van der Waals surface area contributed by atoms with Crippen molar-refractivity contribution in [2.75, 3.05) is 14.2 Å². The monoisotopic (exact) mass is 299 g/mol. The summed E-state index contributed by atoms with van der Waals surface area (Å²) in [6, 6.07) is 6.89. The SMILES string of the molecule is COc1cc(C)c(/C=N\NC(=O)c2ccncc2)cc1OC. The van der Waals surface area contributed by atoms with Crippen LogP contribution in [0.25, 0.3) is 0 Å². The molecule has 0 saturated heterocycles. The van der Waals surface area contributed by atoms with Crippen molar-refractivity contribution in [3.8, 4) is 11.5 Å². The summed E-state index contributed by atoms with van der Waals surface area (Å²) < 4.78 is 10.5. The molecule has 1 aromatic carbocycles. The summed E-state index contributed by atoms with van der Waals surface area (Å²) in [5.74, 6) is 0.963. The van der Waals surface area contributed by atoms with Crippen LogP contribution in [0.1, 0.15) is 21.5 Å². The first kappa shape index (κ1) is 15.5. The smallest absolute Gasteiger partial charge is 0.271 e. The van der Waals surface area contributed by atoms with Crippen LogP contribution in [0.5, 0.6) is 11.5 Å². The Bertz CT molecular complexity index is 685. The highest BCUT2D eigenvalue weighted by Crippen LogP contribution is 2.29.